The van der Waals surface area contributed by atoms with Crippen molar-refractivity contribution < 1.29 is 14.3 Å². The minimum atomic E-state index is -0.121. The lowest BCUT2D eigenvalue weighted by molar-refractivity contribution is -0.128. The largest absolute Gasteiger partial charge is 0.501 e. The summed E-state index contributed by atoms with van der Waals surface area (Å²) in [5.41, 5.74) is 4.07. The minimum absolute atomic E-state index is 0.0888. The molecular weight excluding hydrogens is 404 g/mol. The van der Waals surface area contributed by atoms with Gasteiger partial charge in [0.2, 0.25) is 5.91 Å². The van der Waals surface area contributed by atoms with Gasteiger partial charge in [0.25, 0.3) is 5.91 Å². The van der Waals surface area contributed by atoms with E-state index in [2.05, 4.69) is 28.4 Å². The lowest BCUT2D eigenvalue weighted by atomic mass is 9.83. The Morgan fingerprint density at radius 2 is 1.78 bits per heavy atom. The molecule has 172 valence electrons. The fourth-order valence-electron chi connectivity index (χ4n) is 4.98. The number of ether oxygens (including phenoxy) is 1. The number of fused-ring (bicyclic) bond motifs is 1. The maximum absolute atomic E-state index is 13.1. The van der Waals surface area contributed by atoms with Gasteiger partial charge in [-0.1, -0.05) is 12.1 Å². The molecule has 2 heterocycles. The van der Waals surface area contributed by atoms with Crippen molar-refractivity contribution in [2.45, 2.75) is 31.7 Å². The molecule has 0 radical (unpaired) electrons. The van der Waals surface area contributed by atoms with Crippen LogP contribution in [0.1, 0.15) is 35.2 Å². The Hall–Kier alpha value is -2.64. The Morgan fingerprint density at radius 3 is 2.44 bits per heavy atom. The SMILES string of the molecule is CNC(=O)c1ccc(CC(=O)N2C=C3C(=C(OC)CCC3N3CCN(C)CC3)CC2)cc1. The van der Waals surface area contributed by atoms with Crippen molar-refractivity contribution in [1.82, 2.24) is 20.0 Å². The summed E-state index contributed by atoms with van der Waals surface area (Å²) in [6, 6.07) is 7.61. The predicted octanol–water partition coefficient (Wildman–Crippen LogP) is 2.02. The van der Waals surface area contributed by atoms with Crippen LogP contribution in [0.25, 0.3) is 0 Å². The number of allylic oxidation sites excluding steroid dienone is 1. The fraction of sp³-hybridized carbons (Fsp3) is 0.520. The number of rotatable bonds is 5. The average molecular weight is 439 g/mol. The molecule has 32 heavy (non-hydrogen) atoms. The zero-order chi connectivity index (χ0) is 22.7. The average Bonchev–Trinajstić information content (AvgIpc) is 2.83. The number of nitrogens with zero attached hydrogens (tertiary/aromatic N) is 3. The predicted molar refractivity (Wildman–Crippen MR) is 124 cm³/mol. The van der Waals surface area contributed by atoms with Gasteiger partial charge >= 0.3 is 0 Å². The van der Waals surface area contributed by atoms with Crippen LogP contribution in [-0.4, -0.2) is 86.5 Å². The Bertz CT molecular complexity index is 914. The van der Waals surface area contributed by atoms with Gasteiger partial charge in [-0.25, -0.2) is 0 Å². The van der Waals surface area contributed by atoms with Crippen molar-refractivity contribution in [2.24, 2.45) is 0 Å². The first-order valence-corrected chi connectivity index (χ1v) is 11.5. The van der Waals surface area contributed by atoms with Crippen LogP contribution in [0.5, 0.6) is 0 Å². The van der Waals surface area contributed by atoms with Gasteiger partial charge in [-0.3, -0.25) is 14.5 Å². The maximum Gasteiger partial charge on any atom is 0.251 e. The van der Waals surface area contributed by atoms with Gasteiger partial charge < -0.3 is 19.9 Å². The molecule has 0 saturated carbocycles. The molecule has 7 heteroatoms. The molecule has 1 saturated heterocycles. The van der Waals surface area contributed by atoms with Crippen LogP contribution in [0.15, 0.2) is 47.4 Å². The van der Waals surface area contributed by atoms with Crippen LogP contribution in [0.2, 0.25) is 0 Å². The molecule has 1 N–H and O–H groups in total. The molecule has 1 fully saturated rings. The van der Waals surface area contributed by atoms with Crippen LogP contribution in [0.3, 0.4) is 0 Å². The summed E-state index contributed by atoms with van der Waals surface area (Å²) in [6.07, 6.45) is 5.24. The molecule has 3 aliphatic rings. The second kappa shape index (κ2) is 9.88. The highest BCUT2D eigenvalue weighted by Crippen LogP contribution is 2.38. The summed E-state index contributed by atoms with van der Waals surface area (Å²) in [5.74, 6) is 1.05. The molecule has 0 bridgehead atoms. The van der Waals surface area contributed by atoms with E-state index in [9.17, 15) is 9.59 Å². The van der Waals surface area contributed by atoms with Crippen LogP contribution in [0, 0.1) is 0 Å². The minimum Gasteiger partial charge on any atom is -0.501 e. The lowest BCUT2D eigenvalue weighted by Gasteiger charge is -2.43. The van der Waals surface area contributed by atoms with E-state index in [1.807, 2.05) is 17.0 Å². The van der Waals surface area contributed by atoms with E-state index < -0.39 is 0 Å². The van der Waals surface area contributed by atoms with Crippen molar-refractivity contribution in [3.05, 3.63) is 58.5 Å². The van der Waals surface area contributed by atoms with Gasteiger partial charge in [0.15, 0.2) is 0 Å². The number of likely N-dealkylation sites (N-methyl/N-ethyl adjacent to an activating group) is 1. The quantitative estimate of drug-likeness (QED) is 0.762. The topological polar surface area (TPSA) is 65.1 Å². The lowest BCUT2D eigenvalue weighted by Crippen LogP contribution is -2.51. The van der Waals surface area contributed by atoms with Gasteiger partial charge in [0.05, 0.1) is 19.3 Å². The molecule has 1 aromatic rings. The Labute approximate surface area is 190 Å². The summed E-state index contributed by atoms with van der Waals surface area (Å²) in [4.78, 5) is 31.7. The number of carbonyl (C=O) groups is 2. The number of piperazine rings is 1. The third-order valence-corrected chi connectivity index (χ3v) is 6.93. The molecular formula is C25H34N4O3. The monoisotopic (exact) mass is 438 g/mol. The summed E-state index contributed by atoms with van der Waals surface area (Å²) in [7, 11) is 5.55. The van der Waals surface area contributed by atoms with E-state index in [0.717, 1.165) is 56.8 Å². The number of benzene rings is 1. The van der Waals surface area contributed by atoms with Crippen molar-refractivity contribution in [3.63, 3.8) is 0 Å². The molecule has 1 aliphatic carbocycles. The summed E-state index contributed by atoms with van der Waals surface area (Å²) in [6.45, 7) is 4.94. The van der Waals surface area contributed by atoms with Crippen molar-refractivity contribution >= 4 is 11.8 Å². The third kappa shape index (κ3) is 4.74. The van der Waals surface area contributed by atoms with E-state index in [1.165, 1.54) is 11.1 Å². The van der Waals surface area contributed by atoms with Gasteiger partial charge in [0, 0.05) is 64.0 Å². The highest BCUT2D eigenvalue weighted by molar-refractivity contribution is 5.94. The number of carbonyl (C=O) groups excluding carboxylic acids is 2. The second-order valence-electron chi connectivity index (χ2n) is 8.87. The Kier molecular flexibility index (Phi) is 6.96. The second-order valence-corrected chi connectivity index (χ2v) is 8.87. The first kappa shape index (κ1) is 22.6. The highest BCUT2D eigenvalue weighted by Gasteiger charge is 2.35. The molecule has 7 nitrogen and oxygen atoms in total. The normalized spacial score (nSPS) is 22.3. The zero-order valence-corrected chi connectivity index (χ0v) is 19.4. The number of hydrogen-bond acceptors (Lipinski definition) is 5. The fourth-order valence-corrected chi connectivity index (χ4v) is 4.98. The van der Waals surface area contributed by atoms with E-state index in [0.29, 0.717) is 24.6 Å². The summed E-state index contributed by atoms with van der Waals surface area (Å²) < 4.78 is 5.72. The zero-order valence-electron chi connectivity index (χ0n) is 19.4. The molecule has 1 atom stereocenters. The molecule has 4 rings (SSSR count). The van der Waals surface area contributed by atoms with E-state index in [-0.39, 0.29) is 11.8 Å². The van der Waals surface area contributed by atoms with E-state index in [1.54, 1.807) is 26.3 Å². The van der Waals surface area contributed by atoms with Gasteiger partial charge in [-0.15, -0.1) is 0 Å². The number of amides is 2. The summed E-state index contributed by atoms with van der Waals surface area (Å²) in [5, 5.41) is 2.62. The first-order valence-electron chi connectivity index (χ1n) is 11.5. The van der Waals surface area contributed by atoms with Gasteiger partial charge in [0.1, 0.15) is 0 Å². The molecule has 1 unspecified atom stereocenters. The van der Waals surface area contributed by atoms with Crippen LogP contribution in [-0.2, 0) is 16.0 Å². The molecule has 2 amide bonds. The molecule has 0 spiro atoms. The smallest absolute Gasteiger partial charge is 0.251 e. The molecule has 0 aromatic heterocycles. The standard InChI is InChI=1S/C25H34N4O3/c1-26-25(31)19-6-4-18(5-7-19)16-24(30)29-11-10-20-21(17-29)22(8-9-23(20)32-3)28-14-12-27(2)13-15-28/h4-7,17,22H,8-16H2,1-3H3,(H,26,31). The molecule has 2 aliphatic heterocycles. The maximum atomic E-state index is 13.1. The van der Waals surface area contributed by atoms with Crippen LogP contribution < -0.4 is 5.32 Å². The van der Waals surface area contributed by atoms with E-state index in [4.69, 9.17) is 4.74 Å². The van der Waals surface area contributed by atoms with E-state index >= 15 is 0 Å². The van der Waals surface area contributed by atoms with Crippen molar-refractivity contribution in [2.75, 3.05) is 53.9 Å². The van der Waals surface area contributed by atoms with Crippen molar-refractivity contribution in [1.29, 1.82) is 0 Å². The molecule has 1 aromatic carbocycles. The van der Waals surface area contributed by atoms with Gasteiger partial charge in [-0.2, -0.15) is 0 Å². The number of hydrogen-bond donors (Lipinski definition) is 1. The number of nitrogens with one attached hydrogen (secondary N) is 1. The Balaban J connectivity index is 1.51. The first-order chi connectivity index (χ1) is 15.5. The highest BCUT2D eigenvalue weighted by atomic mass is 16.5. The van der Waals surface area contributed by atoms with Crippen molar-refractivity contribution in [3.8, 4) is 0 Å². The number of methoxy groups -OCH3 is 1. The summed E-state index contributed by atoms with van der Waals surface area (Å²) >= 11 is 0. The van der Waals surface area contributed by atoms with Gasteiger partial charge in [-0.05, 0) is 48.7 Å². The third-order valence-electron chi connectivity index (χ3n) is 6.93. The Morgan fingerprint density at radius 1 is 1.06 bits per heavy atom. The van der Waals surface area contributed by atoms with Crippen LogP contribution >= 0.6 is 0 Å². The van der Waals surface area contributed by atoms with Crippen LogP contribution in [0.4, 0.5) is 0 Å².